The Hall–Kier alpha value is -3.82. The van der Waals surface area contributed by atoms with Crippen LogP contribution in [0.3, 0.4) is 0 Å². The average Bonchev–Trinajstić information content (AvgIpc) is 2.82. The number of ether oxygens (including phenoxy) is 1. The van der Waals surface area contributed by atoms with Gasteiger partial charge in [0.05, 0.1) is 26.1 Å². The zero-order chi connectivity index (χ0) is 24.7. The smallest absolute Gasteiger partial charge is 0.319 e. The van der Waals surface area contributed by atoms with Gasteiger partial charge in [0.25, 0.3) is 5.56 Å². The summed E-state index contributed by atoms with van der Waals surface area (Å²) < 4.78 is 6.72. The average molecular weight is 485 g/mol. The predicted molar refractivity (Wildman–Crippen MR) is 129 cm³/mol. The number of nitrogens with zero attached hydrogens (tertiary/aromatic N) is 1. The number of hydrogen-bond donors (Lipinski definition) is 4. The zero-order valence-corrected chi connectivity index (χ0v) is 19.2. The maximum atomic E-state index is 13.0. The molecule has 9 nitrogen and oxygen atoms in total. The Morgan fingerprint density at radius 1 is 1.15 bits per heavy atom. The van der Waals surface area contributed by atoms with Crippen molar-refractivity contribution in [2.75, 3.05) is 12.4 Å². The molecule has 0 radical (unpaired) electrons. The van der Waals surface area contributed by atoms with Gasteiger partial charge in [-0.25, -0.2) is 4.79 Å². The monoisotopic (exact) mass is 484 g/mol. The molecule has 5 N–H and O–H groups in total. The number of halogens is 1. The van der Waals surface area contributed by atoms with Crippen molar-refractivity contribution >= 4 is 29.3 Å². The molecule has 1 heterocycles. The molecule has 2 amide bonds. The SMILES string of the molecule is COc1cccc(Cl)c1Cn1cccc(NC(=O)NC(CC(=O)O)c2ccc(CN)cc2)c1=O. The number of pyridine rings is 1. The van der Waals surface area contributed by atoms with Crippen LogP contribution in [0.1, 0.15) is 29.2 Å². The van der Waals surface area contributed by atoms with Crippen LogP contribution in [0.4, 0.5) is 10.5 Å². The van der Waals surface area contributed by atoms with E-state index >= 15 is 0 Å². The molecular formula is C24H25ClN4O5. The number of nitrogens with two attached hydrogens (primary N) is 1. The van der Waals surface area contributed by atoms with E-state index in [1.165, 1.54) is 17.7 Å². The predicted octanol–water partition coefficient (Wildman–Crippen LogP) is 3.35. The van der Waals surface area contributed by atoms with Crippen LogP contribution in [0.2, 0.25) is 5.02 Å². The lowest BCUT2D eigenvalue weighted by atomic mass is 10.0. The maximum absolute atomic E-state index is 13.0. The fourth-order valence-electron chi connectivity index (χ4n) is 3.44. The zero-order valence-electron chi connectivity index (χ0n) is 18.5. The van der Waals surface area contributed by atoms with Crippen molar-refractivity contribution in [3.8, 4) is 5.75 Å². The van der Waals surface area contributed by atoms with Gasteiger partial charge in [0, 0.05) is 23.3 Å². The number of hydrogen-bond acceptors (Lipinski definition) is 5. The first-order chi connectivity index (χ1) is 16.3. The number of aliphatic carboxylic acids is 1. The normalized spacial score (nSPS) is 11.5. The van der Waals surface area contributed by atoms with Crippen molar-refractivity contribution in [2.45, 2.75) is 25.6 Å². The Bertz CT molecular complexity index is 1230. The minimum Gasteiger partial charge on any atom is -0.496 e. The van der Waals surface area contributed by atoms with E-state index in [2.05, 4.69) is 10.6 Å². The second-order valence-electron chi connectivity index (χ2n) is 7.47. The van der Waals surface area contributed by atoms with Crippen molar-refractivity contribution in [3.63, 3.8) is 0 Å². The quantitative estimate of drug-likeness (QED) is 0.367. The number of urea groups is 1. The highest BCUT2D eigenvalue weighted by Crippen LogP contribution is 2.26. The largest absolute Gasteiger partial charge is 0.496 e. The topological polar surface area (TPSA) is 136 Å². The van der Waals surface area contributed by atoms with Crippen LogP contribution in [0.25, 0.3) is 0 Å². The summed E-state index contributed by atoms with van der Waals surface area (Å²) in [6.07, 6.45) is 1.24. The molecule has 0 fully saturated rings. The standard InChI is InChI=1S/C24H25ClN4O5/c1-34-21-6-2-4-18(25)17(21)14-29-11-3-5-19(23(29)32)27-24(33)28-20(12-22(30)31)16-9-7-15(13-26)8-10-16/h2-11,20H,12-14,26H2,1H3,(H,30,31)(H2,27,28,33). The summed E-state index contributed by atoms with van der Waals surface area (Å²) in [4.78, 5) is 36.9. The van der Waals surface area contributed by atoms with E-state index in [0.29, 0.717) is 28.4 Å². The van der Waals surface area contributed by atoms with Crippen LogP contribution >= 0.6 is 11.6 Å². The summed E-state index contributed by atoms with van der Waals surface area (Å²) in [6.45, 7) is 0.478. The number of carboxylic acids is 1. The van der Waals surface area contributed by atoms with Crippen LogP contribution in [-0.4, -0.2) is 28.8 Å². The Morgan fingerprint density at radius 3 is 2.53 bits per heavy atom. The number of rotatable bonds is 9. The number of methoxy groups -OCH3 is 1. The van der Waals surface area contributed by atoms with Gasteiger partial charge in [-0.2, -0.15) is 0 Å². The molecule has 0 bridgehead atoms. The third-order valence-corrected chi connectivity index (χ3v) is 5.55. The van der Waals surface area contributed by atoms with Crippen molar-refractivity contribution in [2.24, 2.45) is 5.73 Å². The second kappa shape index (κ2) is 11.4. The van der Waals surface area contributed by atoms with E-state index in [4.69, 9.17) is 22.1 Å². The van der Waals surface area contributed by atoms with Gasteiger partial charge in [-0.1, -0.05) is 41.9 Å². The summed E-state index contributed by atoms with van der Waals surface area (Å²) in [7, 11) is 1.51. The number of carbonyl (C=O) groups excluding carboxylic acids is 1. The molecule has 2 aromatic carbocycles. The lowest BCUT2D eigenvalue weighted by molar-refractivity contribution is -0.137. The molecule has 1 aromatic heterocycles. The van der Waals surface area contributed by atoms with Crippen LogP contribution in [-0.2, 0) is 17.9 Å². The molecule has 0 aliphatic carbocycles. The number of aromatic nitrogens is 1. The van der Waals surface area contributed by atoms with Crippen molar-refractivity contribution < 1.29 is 19.4 Å². The van der Waals surface area contributed by atoms with E-state index in [-0.39, 0.29) is 18.7 Å². The molecule has 0 aliphatic heterocycles. The molecule has 0 spiro atoms. The molecule has 0 aliphatic rings. The van der Waals surface area contributed by atoms with Gasteiger partial charge in [0.1, 0.15) is 11.4 Å². The molecule has 3 aromatic rings. The van der Waals surface area contributed by atoms with Gasteiger partial charge in [-0.05, 0) is 35.4 Å². The van der Waals surface area contributed by atoms with Crippen molar-refractivity contribution in [1.29, 1.82) is 0 Å². The third kappa shape index (κ3) is 6.15. The lowest BCUT2D eigenvalue weighted by Gasteiger charge is -2.18. The van der Waals surface area contributed by atoms with E-state index < -0.39 is 23.6 Å². The fraction of sp³-hybridized carbons (Fsp3) is 0.208. The Kier molecular flexibility index (Phi) is 8.29. The number of carboxylic acid groups (broad SMARTS) is 1. The molecule has 34 heavy (non-hydrogen) atoms. The minimum absolute atomic E-state index is 0.0265. The molecular weight excluding hydrogens is 460 g/mol. The van der Waals surface area contributed by atoms with Gasteiger partial charge in [0.2, 0.25) is 0 Å². The first-order valence-corrected chi connectivity index (χ1v) is 10.8. The van der Waals surface area contributed by atoms with Gasteiger partial charge < -0.3 is 30.8 Å². The van der Waals surface area contributed by atoms with E-state index in [1.807, 2.05) is 0 Å². The third-order valence-electron chi connectivity index (χ3n) is 5.19. The molecule has 3 rings (SSSR count). The Morgan fingerprint density at radius 2 is 1.88 bits per heavy atom. The second-order valence-corrected chi connectivity index (χ2v) is 7.88. The Labute approximate surface area is 201 Å². The lowest BCUT2D eigenvalue weighted by Crippen LogP contribution is -2.36. The molecule has 178 valence electrons. The van der Waals surface area contributed by atoms with E-state index in [9.17, 15) is 19.5 Å². The van der Waals surface area contributed by atoms with E-state index in [1.54, 1.807) is 54.7 Å². The van der Waals surface area contributed by atoms with Crippen LogP contribution in [0.15, 0.2) is 65.6 Å². The first-order valence-electron chi connectivity index (χ1n) is 10.4. The molecule has 10 heteroatoms. The fourth-order valence-corrected chi connectivity index (χ4v) is 3.67. The number of nitrogens with one attached hydrogen (secondary N) is 2. The number of amides is 2. The highest BCUT2D eigenvalue weighted by atomic mass is 35.5. The summed E-state index contributed by atoms with van der Waals surface area (Å²) in [5.74, 6) is -0.545. The van der Waals surface area contributed by atoms with Gasteiger partial charge in [-0.15, -0.1) is 0 Å². The maximum Gasteiger partial charge on any atom is 0.319 e. The number of carbonyl (C=O) groups is 2. The molecule has 1 atom stereocenters. The van der Waals surface area contributed by atoms with Gasteiger partial charge in [-0.3, -0.25) is 9.59 Å². The summed E-state index contributed by atoms with van der Waals surface area (Å²) in [6, 6.07) is 13.7. The summed E-state index contributed by atoms with van der Waals surface area (Å²) in [5.41, 5.74) is 7.28. The number of anilines is 1. The van der Waals surface area contributed by atoms with Crippen LogP contribution in [0.5, 0.6) is 5.75 Å². The van der Waals surface area contributed by atoms with E-state index in [0.717, 1.165) is 5.56 Å². The molecule has 0 saturated heterocycles. The molecule has 0 saturated carbocycles. The van der Waals surface area contributed by atoms with Crippen LogP contribution in [0, 0.1) is 0 Å². The highest BCUT2D eigenvalue weighted by molar-refractivity contribution is 6.31. The van der Waals surface area contributed by atoms with Gasteiger partial charge in [0.15, 0.2) is 0 Å². The van der Waals surface area contributed by atoms with Crippen molar-refractivity contribution in [1.82, 2.24) is 9.88 Å². The highest BCUT2D eigenvalue weighted by Gasteiger charge is 2.19. The Balaban J connectivity index is 1.78. The first kappa shape index (κ1) is 24.8. The van der Waals surface area contributed by atoms with Gasteiger partial charge >= 0.3 is 12.0 Å². The minimum atomic E-state index is -1.08. The van der Waals surface area contributed by atoms with Crippen LogP contribution < -0.4 is 26.7 Å². The summed E-state index contributed by atoms with van der Waals surface area (Å²) in [5, 5.41) is 14.9. The number of benzene rings is 2. The van der Waals surface area contributed by atoms with Crippen molar-refractivity contribution in [3.05, 3.63) is 92.9 Å². The molecule has 1 unspecified atom stereocenters. The summed E-state index contributed by atoms with van der Waals surface area (Å²) >= 11 is 6.28.